The molecule has 0 aromatic heterocycles. The molecule has 16 heavy (non-hydrogen) atoms. The van der Waals surface area contributed by atoms with Gasteiger partial charge >= 0.3 is 5.97 Å². The highest BCUT2D eigenvalue weighted by Crippen LogP contribution is 2.34. The van der Waals surface area contributed by atoms with Crippen LogP contribution in [0.4, 0.5) is 0 Å². The first-order valence-corrected chi connectivity index (χ1v) is 4.76. The van der Waals surface area contributed by atoms with E-state index in [0.29, 0.717) is 18.1 Å². The van der Waals surface area contributed by atoms with E-state index in [9.17, 15) is 4.79 Å². The Kier molecular flexibility index (Phi) is 3.99. The molecule has 0 spiro atoms. The number of carboxylic acids is 1. The van der Waals surface area contributed by atoms with E-state index in [4.69, 9.17) is 19.3 Å². The fourth-order valence-electron chi connectivity index (χ4n) is 1.31. The number of benzene rings is 1. The molecule has 5 heteroatoms. The van der Waals surface area contributed by atoms with Crippen molar-refractivity contribution in [3.8, 4) is 17.2 Å². The molecule has 0 heterocycles. The summed E-state index contributed by atoms with van der Waals surface area (Å²) in [6, 6.07) is 2.89. The normalized spacial score (nSPS) is 9.69. The van der Waals surface area contributed by atoms with Crippen LogP contribution < -0.4 is 14.2 Å². The van der Waals surface area contributed by atoms with Gasteiger partial charge in [0.15, 0.2) is 11.5 Å². The zero-order valence-corrected chi connectivity index (χ0v) is 9.44. The van der Waals surface area contributed by atoms with E-state index in [2.05, 4.69) is 0 Å². The number of aromatic carboxylic acids is 1. The predicted octanol–water partition coefficient (Wildman–Crippen LogP) is 1.80. The van der Waals surface area contributed by atoms with E-state index < -0.39 is 5.97 Å². The monoisotopic (exact) mass is 226 g/mol. The predicted molar refractivity (Wildman–Crippen MR) is 57.7 cm³/mol. The molecule has 0 fully saturated rings. The van der Waals surface area contributed by atoms with Gasteiger partial charge in [0, 0.05) is 12.1 Å². The molecular formula is C11H14O5. The van der Waals surface area contributed by atoms with Gasteiger partial charge < -0.3 is 19.3 Å². The molecule has 0 saturated carbocycles. The summed E-state index contributed by atoms with van der Waals surface area (Å²) < 4.78 is 15.3. The molecule has 88 valence electrons. The molecule has 5 nitrogen and oxygen atoms in total. The third kappa shape index (κ3) is 2.36. The lowest BCUT2D eigenvalue weighted by Crippen LogP contribution is -2.03. The second-order valence-corrected chi connectivity index (χ2v) is 2.94. The van der Waals surface area contributed by atoms with Crippen LogP contribution in [0, 0.1) is 0 Å². The highest BCUT2D eigenvalue weighted by molar-refractivity contribution is 5.92. The van der Waals surface area contributed by atoms with Crippen molar-refractivity contribution < 1.29 is 24.1 Å². The highest BCUT2D eigenvalue weighted by atomic mass is 16.5. The Morgan fingerprint density at radius 3 is 2.25 bits per heavy atom. The zero-order valence-electron chi connectivity index (χ0n) is 9.44. The van der Waals surface area contributed by atoms with Gasteiger partial charge in [0.25, 0.3) is 0 Å². The van der Waals surface area contributed by atoms with Crippen molar-refractivity contribution >= 4 is 5.97 Å². The molecule has 0 aliphatic heterocycles. The van der Waals surface area contributed by atoms with Gasteiger partial charge in [-0.05, 0) is 6.92 Å². The molecule has 1 aromatic rings. The van der Waals surface area contributed by atoms with Crippen LogP contribution in [0.25, 0.3) is 0 Å². The minimum atomic E-state index is -1.07. The van der Waals surface area contributed by atoms with Crippen LogP contribution in [-0.2, 0) is 0 Å². The molecular weight excluding hydrogens is 212 g/mol. The largest absolute Gasteiger partial charge is 0.496 e. The van der Waals surface area contributed by atoms with Crippen molar-refractivity contribution in [3.05, 3.63) is 17.7 Å². The van der Waals surface area contributed by atoms with E-state index in [-0.39, 0.29) is 11.3 Å². The van der Waals surface area contributed by atoms with Crippen LogP contribution in [0.5, 0.6) is 17.2 Å². The Labute approximate surface area is 93.6 Å². The van der Waals surface area contributed by atoms with Crippen molar-refractivity contribution in [1.29, 1.82) is 0 Å². The Morgan fingerprint density at radius 2 is 1.81 bits per heavy atom. The maximum Gasteiger partial charge on any atom is 0.339 e. The first kappa shape index (κ1) is 12.2. The fourth-order valence-corrected chi connectivity index (χ4v) is 1.31. The topological polar surface area (TPSA) is 65.0 Å². The molecule has 1 rings (SSSR count). The number of rotatable bonds is 5. The van der Waals surface area contributed by atoms with Gasteiger partial charge in [-0.25, -0.2) is 4.79 Å². The number of carbonyl (C=O) groups is 1. The number of methoxy groups -OCH3 is 2. The van der Waals surface area contributed by atoms with Gasteiger partial charge in [-0.2, -0.15) is 0 Å². The SMILES string of the molecule is CCOc1cc(C(=O)O)c(OC)cc1OC. The standard InChI is InChI=1S/C11H14O5/c1-4-16-10-5-7(11(12)13)8(14-2)6-9(10)15-3/h5-6H,4H2,1-3H3,(H,12,13). The maximum atomic E-state index is 11.0. The summed E-state index contributed by atoms with van der Waals surface area (Å²) in [7, 11) is 2.89. The highest BCUT2D eigenvalue weighted by Gasteiger charge is 2.16. The van der Waals surface area contributed by atoms with E-state index in [1.54, 1.807) is 0 Å². The third-order valence-corrected chi connectivity index (χ3v) is 2.02. The van der Waals surface area contributed by atoms with Crippen molar-refractivity contribution in [2.75, 3.05) is 20.8 Å². The molecule has 0 aliphatic rings. The van der Waals surface area contributed by atoms with E-state index in [1.165, 1.54) is 26.4 Å². The molecule has 1 aromatic carbocycles. The lowest BCUT2D eigenvalue weighted by molar-refractivity contribution is 0.0692. The molecule has 0 aliphatic carbocycles. The second-order valence-electron chi connectivity index (χ2n) is 2.94. The first-order chi connectivity index (χ1) is 7.63. The van der Waals surface area contributed by atoms with Crippen molar-refractivity contribution in [3.63, 3.8) is 0 Å². The van der Waals surface area contributed by atoms with Gasteiger partial charge in [0.1, 0.15) is 11.3 Å². The van der Waals surface area contributed by atoms with Crippen molar-refractivity contribution in [2.24, 2.45) is 0 Å². The molecule has 0 saturated heterocycles. The smallest absolute Gasteiger partial charge is 0.339 e. The van der Waals surface area contributed by atoms with Crippen LogP contribution in [0.15, 0.2) is 12.1 Å². The van der Waals surface area contributed by atoms with Crippen molar-refractivity contribution in [2.45, 2.75) is 6.92 Å². The summed E-state index contributed by atoms with van der Waals surface area (Å²) >= 11 is 0. The summed E-state index contributed by atoms with van der Waals surface area (Å²) in [5.74, 6) is 0.0140. The van der Waals surface area contributed by atoms with E-state index in [0.717, 1.165) is 0 Å². The van der Waals surface area contributed by atoms with E-state index >= 15 is 0 Å². The number of carboxylic acid groups (broad SMARTS) is 1. The summed E-state index contributed by atoms with van der Waals surface area (Å²) in [5, 5.41) is 8.98. The average molecular weight is 226 g/mol. The molecule has 0 bridgehead atoms. The van der Waals surface area contributed by atoms with Crippen LogP contribution in [-0.4, -0.2) is 31.9 Å². The van der Waals surface area contributed by atoms with Gasteiger partial charge in [-0.1, -0.05) is 0 Å². The third-order valence-electron chi connectivity index (χ3n) is 2.02. The summed E-state index contributed by atoms with van der Waals surface area (Å²) in [6.45, 7) is 2.24. The summed E-state index contributed by atoms with van der Waals surface area (Å²) in [5.41, 5.74) is 0.0479. The Balaban J connectivity index is 3.28. The van der Waals surface area contributed by atoms with E-state index in [1.807, 2.05) is 6.92 Å². The molecule has 0 unspecified atom stereocenters. The minimum absolute atomic E-state index is 0.0479. The Hall–Kier alpha value is -1.91. The quantitative estimate of drug-likeness (QED) is 0.829. The molecule has 1 N–H and O–H groups in total. The van der Waals surface area contributed by atoms with Crippen LogP contribution in [0.2, 0.25) is 0 Å². The Bertz CT molecular complexity index is 386. The summed E-state index contributed by atoms with van der Waals surface area (Å²) in [6.07, 6.45) is 0. The van der Waals surface area contributed by atoms with Crippen LogP contribution in [0.1, 0.15) is 17.3 Å². The van der Waals surface area contributed by atoms with Crippen LogP contribution >= 0.6 is 0 Å². The van der Waals surface area contributed by atoms with Gasteiger partial charge in [-0.3, -0.25) is 0 Å². The first-order valence-electron chi connectivity index (χ1n) is 4.76. The van der Waals surface area contributed by atoms with Gasteiger partial charge in [0.2, 0.25) is 0 Å². The summed E-state index contributed by atoms with van der Waals surface area (Å²) in [4.78, 5) is 11.0. The van der Waals surface area contributed by atoms with Gasteiger partial charge in [0.05, 0.1) is 20.8 Å². The van der Waals surface area contributed by atoms with Gasteiger partial charge in [-0.15, -0.1) is 0 Å². The fraction of sp³-hybridized carbons (Fsp3) is 0.364. The second kappa shape index (κ2) is 5.25. The maximum absolute atomic E-state index is 11.0. The number of hydrogen-bond donors (Lipinski definition) is 1. The Morgan fingerprint density at radius 1 is 1.19 bits per heavy atom. The lowest BCUT2D eigenvalue weighted by Gasteiger charge is -2.12. The van der Waals surface area contributed by atoms with Crippen LogP contribution in [0.3, 0.4) is 0 Å². The zero-order chi connectivity index (χ0) is 12.1. The molecule has 0 radical (unpaired) electrons. The lowest BCUT2D eigenvalue weighted by atomic mass is 10.1. The number of ether oxygens (including phenoxy) is 3. The minimum Gasteiger partial charge on any atom is -0.496 e. The molecule has 0 amide bonds. The van der Waals surface area contributed by atoms with Crippen molar-refractivity contribution in [1.82, 2.24) is 0 Å². The average Bonchev–Trinajstić information content (AvgIpc) is 2.28. The molecule has 0 atom stereocenters. The number of hydrogen-bond acceptors (Lipinski definition) is 4.